The summed E-state index contributed by atoms with van der Waals surface area (Å²) in [4.78, 5) is 0.139. The Morgan fingerprint density at radius 1 is 1.06 bits per heavy atom. The lowest BCUT2D eigenvalue weighted by atomic mass is 9.91. The molecule has 0 spiro atoms. The molecule has 1 N–H and O–H groups in total. The quantitative estimate of drug-likeness (QED) is 0.655. The molecule has 0 bridgehead atoms. The van der Waals surface area contributed by atoms with Gasteiger partial charge in [-0.3, -0.25) is 4.72 Å². The van der Waals surface area contributed by atoms with Crippen LogP contribution in [0.1, 0.15) is 36.5 Å². The number of hydrogen-bond acceptors (Lipinski definition) is 6. The summed E-state index contributed by atoms with van der Waals surface area (Å²) in [5.74, 6) is 3.43. The van der Waals surface area contributed by atoms with E-state index in [4.69, 9.17) is 9.47 Å². The Morgan fingerprint density at radius 3 is 2.61 bits per heavy atom. The fourth-order valence-electron chi connectivity index (χ4n) is 4.14. The van der Waals surface area contributed by atoms with Crippen molar-refractivity contribution in [1.29, 1.82) is 0 Å². The van der Waals surface area contributed by atoms with Gasteiger partial charge in [0.25, 0.3) is 10.0 Å². The van der Waals surface area contributed by atoms with E-state index in [1.165, 1.54) is 17.7 Å². The van der Waals surface area contributed by atoms with Gasteiger partial charge in [-0.25, -0.2) is 8.42 Å². The van der Waals surface area contributed by atoms with Crippen LogP contribution in [-0.4, -0.2) is 36.4 Å². The van der Waals surface area contributed by atoms with Crippen LogP contribution in [0.3, 0.4) is 0 Å². The standard InChI is InChI=1S/C22H24N4O4S/c1-2-21-23-24-22-10-5-16(14-26(21)22)15-3-6-17(7-4-15)25-31(27,28)18-8-9-19-20(13-18)30-12-11-29-19/h3-4,6-9,13,16,25H,2,5,10-12,14H2,1H3. The first kappa shape index (κ1) is 19.9. The highest BCUT2D eigenvalue weighted by Gasteiger charge is 2.24. The summed E-state index contributed by atoms with van der Waals surface area (Å²) in [6, 6.07) is 12.3. The lowest BCUT2D eigenvalue weighted by Crippen LogP contribution is -2.20. The monoisotopic (exact) mass is 440 g/mol. The summed E-state index contributed by atoms with van der Waals surface area (Å²) in [6.45, 7) is 3.81. The minimum atomic E-state index is -3.73. The second kappa shape index (κ2) is 7.88. The zero-order valence-electron chi connectivity index (χ0n) is 17.2. The van der Waals surface area contributed by atoms with Crippen LogP contribution in [-0.2, 0) is 29.4 Å². The van der Waals surface area contributed by atoms with Crippen molar-refractivity contribution in [2.45, 2.75) is 43.5 Å². The van der Waals surface area contributed by atoms with Gasteiger partial charge >= 0.3 is 0 Å². The maximum atomic E-state index is 12.8. The molecule has 0 fully saturated rings. The molecule has 0 saturated carbocycles. The van der Waals surface area contributed by atoms with Gasteiger partial charge in [0.05, 0.1) is 4.90 Å². The number of anilines is 1. The van der Waals surface area contributed by atoms with E-state index in [9.17, 15) is 8.42 Å². The van der Waals surface area contributed by atoms with Crippen LogP contribution in [0.15, 0.2) is 47.4 Å². The molecule has 2 aliphatic heterocycles. The zero-order valence-corrected chi connectivity index (χ0v) is 18.1. The van der Waals surface area contributed by atoms with Crippen molar-refractivity contribution in [3.05, 3.63) is 59.7 Å². The molecule has 162 valence electrons. The normalized spacial score (nSPS) is 17.8. The van der Waals surface area contributed by atoms with Gasteiger partial charge in [-0.2, -0.15) is 0 Å². The second-order valence-electron chi connectivity index (χ2n) is 7.77. The number of rotatable bonds is 5. The molecule has 2 aromatic carbocycles. The van der Waals surface area contributed by atoms with Gasteiger partial charge in [0.15, 0.2) is 11.5 Å². The van der Waals surface area contributed by atoms with Crippen LogP contribution < -0.4 is 14.2 Å². The van der Waals surface area contributed by atoms with E-state index in [1.807, 2.05) is 24.3 Å². The Bertz CT molecular complexity index is 1190. The number of aromatic nitrogens is 3. The molecule has 1 unspecified atom stereocenters. The molecule has 31 heavy (non-hydrogen) atoms. The summed E-state index contributed by atoms with van der Waals surface area (Å²) >= 11 is 0. The number of ether oxygens (including phenoxy) is 2. The Morgan fingerprint density at radius 2 is 1.84 bits per heavy atom. The third kappa shape index (κ3) is 3.85. The highest BCUT2D eigenvalue weighted by Crippen LogP contribution is 2.33. The van der Waals surface area contributed by atoms with Crippen molar-refractivity contribution < 1.29 is 17.9 Å². The van der Waals surface area contributed by atoms with E-state index in [1.54, 1.807) is 6.07 Å². The van der Waals surface area contributed by atoms with Crippen molar-refractivity contribution in [1.82, 2.24) is 14.8 Å². The van der Waals surface area contributed by atoms with Crippen LogP contribution in [0.25, 0.3) is 0 Å². The van der Waals surface area contributed by atoms with E-state index >= 15 is 0 Å². The molecule has 9 heteroatoms. The third-order valence-corrected chi connectivity index (χ3v) is 7.18. The largest absolute Gasteiger partial charge is 0.486 e. The number of nitrogens with one attached hydrogen (secondary N) is 1. The average molecular weight is 441 g/mol. The van der Waals surface area contributed by atoms with Gasteiger partial charge in [-0.1, -0.05) is 19.1 Å². The van der Waals surface area contributed by atoms with Crippen molar-refractivity contribution in [3.8, 4) is 11.5 Å². The number of benzene rings is 2. The Hall–Kier alpha value is -3.07. The van der Waals surface area contributed by atoms with E-state index in [-0.39, 0.29) is 4.90 Å². The van der Waals surface area contributed by atoms with Crippen molar-refractivity contribution in [3.63, 3.8) is 0 Å². The molecule has 1 atom stereocenters. The molecule has 2 aliphatic rings. The summed E-state index contributed by atoms with van der Waals surface area (Å²) < 4.78 is 41.5. The van der Waals surface area contributed by atoms with Crippen molar-refractivity contribution >= 4 is 15.7 Å². The third-order valence-electron chi connectivity index (χ3n) is 5.80. The van der Waals surface area contributed by atoms with Gasteiger partial charge in [-0.15, -0.1) is 10.2 Å². The maximum Gasteiger partial charge on any atom is 0.262 e. The lowest BCUT2D eigenvalue weighted by Gasteiger charge is -2.25. The zero-order chi connectivity index (χ0) is 21.4. The first-order valence-corrected chi connectivity index (χ1v) is 11.9. The second-order valence-corrected chi connectivity index (χ2v) is 9.45. The van der Waals surface area contributed by atoms with Crippen molar-refractivity contribution in [2.24, 2.45) is 0 Å². The first-order valence-electron chi connectivity index (χ1n) is 10.5. The van der Waals surface area contributed by atoms with E-state index in [0.717, 1.165) is 37.5 Å². The Kier molecular flexibility index (Phi) is 5.05. The summed E-state index contributed by atoms with van der Waals surface area (Å²) in [5.41, 5.74) is 1.71. The van der Waals surface area contributed by atoms with Crippen LogP contribution in [0.2, 0.25) is 0 Å². The predicted molar refractivity (Wildman–Crippen MR) is 115 cm³/mol. The van der Waals surface area contributed by atoms with E-state index in [2.05, 4.69) is 26.4 Å². The highest BCUT2D eigenvalue weighted by atomic mass is 32.2. The molecule has 3 heterocycles. The van der Waals surface area contributed by atoms with Gasteiger partial charge in [-0.05, 0) is 36.2 Å². The predicted octanol–water partition coefficient (Wildman–Crippen LogP) is 3.14. The van der Waals surface area contributed by atoms with E-state index < -0.39 is 10.0 Å². The minimum Gasteiger partial charge on any atom is -0.486 e. The number of sulfonamides is 1. The molecule has 0 amide bonds. The smallest absolute Gasteiger partial charge is 0.262 e. The number of nitrogens with zero attached hydrogens (tertiary/aromatic N) is 3. The summed E-state index contributed by atoms with van der Waals surface area (Å²) in [6.07, 6.45) is 2.76. The molecule has 8 nitrogen and oxygen atoms in total. The van der Waals surface area contributed by atoms with Crippen LogP contribution >= 0.6 is 0 Å². The summed E-state index contributed by atoms with van der Waals surface area (Å²) in [7, 11) is -3.73. The van der Waals surface area contributed by atoms with Crippen molar-refractivity contribution in [2.75, 3.05) is 17.9 Å². The number of hydrogen-bond donors (Lipinski definition) is 1. The van der Waals surface area contributed by atoms with Gasteiger partial charge in [0.2, 0.25) is 0 Å². The van der Waals surface area contributed by atoms with Gasteiger partial charge < -0.3 is 14.0 Å². The fraction of sp³-hybridized carbons (Fsp3) is 0.364. The Balaban J connectivity index is 1.31. The van der Waals surface area contributed by atoms with Crippen LogP contribution in [0, 0.1) is 0 Å². The molecule has 1 aromatic heterocycles. The SMILES string of the molecule is CCc1nnc2n1CC(c1ccc(NS(=O)(=O)c3ccc4c(c3)OCCO4)cc1)CC2. The highest BCUT2D eigenvalue weighted by molar-refractivity contribution is 7.92. The molecule has 3 aromatic rings. The van der Waals surface area contributed by atoms with Gasteiger partial charge in [0.1, 0.15) is 24.9 Å². The summed E-state index contributed by atoms with van der Waals surface area (Å²) in [5, 5.41) is 8.56. The first-order chi connectivity index (χ1) is 15.0. The van der Waals surface area contributed by atoms with Crippen LogP contribution in [0.5, 0.6) is 11.5 Å². The minimum absolute atomic E-state index is 0.139. The Labute approximate surface area is 181 Å². The molecule has 0 saturated heterocycles. The molecular formula is C22H24N4O4S. The van der Waals surface area contributed by atoms with Crippen LogP contribution in [0.4, 0.5) is 5.69 Å². The average Bonchev–Trinajstić information content (AvgIpc) is 3.21. The van der Waals surface area contributed by atoms with Gasteiger partial charge in [0, 0.05) is 37.1 Å². The topological polar surface area (TPSA) is 95.3 Å². The fourth-order valence-corrected chi connectivity index (χ4v) is 5.22. The molecule has 0 radical (unpaired) electrons. The lowest BCUT2D eigenvalue weighted by molar-refractivity contribution is 0.171. The molecular weight excluding hydrogens is 416 g/mol. The number of fused-ring (bicyclic) bond motifs is 2. The maximum absolute atomic E-state index is 12.8. The molecule has 0 aliphatic carbocycles. The number of aryl methyl sites for hydroxylation is 2. The molecule has 5 rings (SSSR count). The van der Waals surface area contributed by atoms with E-state index in [0.29, 0.717) is 36.3 Å².